The number of methoxy groups -OCH3 is 1. The van der Waals surface area contributed by atoms with Gasteiger partial charge in [0.05, 0.1) is 43.6 Å². The number of ether oxygens (including phenoxy) is 3. The molecular weight excluding hydrogens is 508 g/mol. The number of rotatable bonds is 9. The highest BCUT2D eigenvalue weighted by molar-refractivity contribution is 5.81. The van der Waals surface area contributed by atoms with E-state index in [1.54, 1.807) is 25.6 Å². The molecule has 5 rings (SSSR count). The number of benzene rings is 1. The number of nitrogens with one attached hydrogen (secondary N) is 1. The molecule has 210 valence electrons. The standard InChI is InChI=1S/C30H36N6O4/c1-30(2,3)40-28(37)17-26(20-6-11-27(38-5)32-18-20)36-24-10-8-23(16-21(24)19-33-36)39-15-12-22-7-9-25-29(34-22)31-13-14-35(25)4/h6-11,16,18-19,26H,12-15,17H2,1-5H3,(H,31,34). The van der Waals surface area contributed by atoms with Gasteiger partial charge in [0.15, 0.2) is 0 Å². The average Bonchev–Trinajstić information content (AvgIpc) is 3.34. The van der Waals surface area contributed by atoms with Crippen molar-refractivity contribution in [3.8, 4) is 11.6 Å². The van der Waals surface area contributed by atoms with E-state index in [1.165, 1.54) is 0 Å². The number of nitrogens with zero attached hydrogens (tertiary/aromatic N) is 5. The predicted octanol–water partition coefficient (Wildman–Crippen LogP) is 4.64. The number of fused-ring (bicyclic) bond motifs is 2. The van der Waals surface area contributed by atoms with Gasteiger partial charge in [-0.3, -0.25) is 9.48 Å². The number of aromatic nitrogens is 4. The number of hydrogen-bond acceptors (Lipinski definition) is 9. The maximum Gasteiger partial charge on any atom is 0.308 e. The van der Waals surface area contributed by atoms with Crippen LogP contribution >= 0.6 is 0 Å². The minimum atomic E-state index is -0.584. The number of pyridine rings is 2. The predicted molar refractivity (Wildman–Crippen MR) is 154 cm³/mol. The van der Waals surface area contributed by atoms with E-state index in [4.69, 9.17) is 19.2 Å². The fraction of sp³-hybridized carbons (Fsp3) is 0.400. The molecule has 0 saturated heterocycles. The second-order valence-corrected chi connectivity index (χ2v) is 10.9. The molecule has 0 radical (unpaired) electrons. The van der Waals surface area contributed by atoms with Gasteiger partial charge >= 0.3 is 5.97 Å². The normalized spacial score (nSPS) is 13.9. The second-order valence-electron chi connectivity index (χ2n) is 10.9. The van der Waals surface area contributed by atoms with Gasteiger partial charge < -0.3 is 24.4 Å². The quantitative estimate of drug-likeness (QED) is 0.302. The van der Waals surface area contributed by atoms with Crippen molar-refractivity contribution in [3.63, 3.8) is 0 Å². The summed E-state index contributed by atoms with van der Waals surface area (Å²) in [5.74, 6) is 1.86. The van der Waals surface area contributed by atoms with E-state index < -0.39 is 11.6 Å². The first kappa shape index (κ1) is 27.2. The Morgan fingerprint density at radius 1 is 1.12 bits per heavy atom. The van der Waals surface area contributed by atoms with Gasteiger partial charge in [0.2, 0.25) is 5.88 Å². The summed E-state index contributed by atoms with van der Waals surface area (Å²) in [6.07, 6.45) is 4.30. The highest BCUT2D eigenvalue weighted by atomic mass is 16.6. The van der Waals surface area contributed by atoms with Crippen LogP contribution in [0.5, 0.6) is 11.6 Å². The molecule has 0 spiro atoms. The summed E-state index contributed by atoms with van der Waals surface area (Å²) in [6.45, 7) is 7.93. The lowest BCUT2D eigenvalue weighted by Gasteiger charge is -2.27. The molecule has 1 aliphatic rings. The SMILES string of the molecule is COc1ccc(C(CC(=O)OC(C)(C)C)n2ncc3cc(OCCc4ccc5c(n4)NCCN5C)ccc32)cn1. The highest BCUT2D eigenvalue weighted by Gasteiger charge is 2.25. The molecule has 4 aromatic rings. The first-order valence-electron chi connectivity index (χ1n) is 13.5. The van der Waals surface area contributed by atoms with Crippen molar-refractivity contribution >= 4 is 28.4 Å². The summed E-state index contributed by atoms with van der Waals surface area (Å²) in [7, 11) is 3.65. The van der Waals surface area contributed by atoms with Gasteiger partial charge in [0.25, 0.3) is 0 Å². The summed E-state index contributed by atoms with van der Waals surface area (Å²) in [5, 5.41) is 8.93. The Morgan fingerprint density at radius 2 is 1.98 bits per heavy atom. The van der Waals surface area contributed by atoms with Crippen LogP contribution in [-0.4, -0.2) is 65.2 Å². The van der Waals surface area contributed by atoms with Crippen molar-refractivity contribution in [2.45, 2.75) is 45.3 Å². The van der Waals surface area contributed by atoms with Crippen molar-refractivity contribution < 1.29 is 19.0 Å². The zero-order valence-electron chi connectivity index (χ0n) is 23.7. The third kappa shape index (κ3) is 6.27. The van der Waals surface area contributed by atoms with E-state index >= 15 is 0 Å². The van der Waals surface area contributed by atoms with Crippen molar-refractivity contribution in [1.29, 1.82) is 0 Å². The summed E-state index contributed by atoms with van der Waals surface area (Å²) >= 11 is 0. The molecular formula is C30H36N6O4. The van der Waals surface area contributed by atoms with E-state index in [1.807, 2.05) is 49.7 Å². The number of esters is 1. The van der Waals surface area contributed by atoms with Crippen LogP contribution in [0, 0.1) is 0 Å². The van der Waals surface area contributed by atoms with Gasteiger partial charge in [0, 0.05) is 49.9 Å². The minimum absolute atomic E-state index is 0.110. The topological polar surface area (TPSA) is 104 Å². The van der Waals surface area contributed by atoms with Crippen molar-refractivity contribution in [3.05, 3.63) is 66.1 Å². The molecule has 1 unspecified atom stereocenters. The molecule has 1 N–H and O–H groups in total. The van der Waals surface area contributed by atoms with Crippen molar-refractivity contribution in [1.82, 2.24) is 19.7 Å². The highest BCUT2D eigenvalue weighted by Crippen LogP contribution is 2.30. The van der Waals surface area contributed by atoms with Gasteiger partial charge in [-0.15, -0.1) is 0 Å². The first-order chi connectivity index (χ1) is 19.2. The smallest absolute Gasteiger partial charge is 0.308 e. The fourth-order valence-electron chi connectivity index (χ4n) is 4.77. The summed E-state index contributed by atoms with van der Waals surface area (Å²) in [6, 6.07) is 13.3. The first-order valence-corrected chi connectivity index (χ1v) is 13.5. The average molecular weight is 545 g/mol. The van der Waals surface area contributed by atoms with Crippen LogP contribution in [0.2, 0.25) is 0 Å². The lowest BCUT2D eigenvalue weighted by atomic mass is 10.1. The molecule has 0 amide bonds. The van der Waals surface area contributed by atoms with E-state index in [2.05, 4.69) is 39.5 Å². The summed E-state index contributed by atoms with van der Waals surface area (Å²) in [5.41, 5.74) is 3.22. The van der Waals surface area contributed by atoms with E-state index in [-0.39, 0.29) is 12.4 Å². The van der Waals surface area contributed by atoms with E-state index in [0.29, 0.717) is 18.9 Å². The van der Waals surface area contributed by atoms with Crippen LogP contribution in [0.3, 0.4) is 0 Å². The van der Waals surface area contributed by atoms with Crippen molar-refractivity contribution in [2.75, 3.05) is 44.1 Å². The number of carbonyl (C=O) groups is 1. The van der Waals surface area contributed by atoms with Crippen LogP contribution in [0.25, 0.3) is 10.9 Å². The van der Waals surface area contributed by atoms with Gasteiger partial charge in [-0.05, 0) is 62.7 Å². The van der Waals surface area contributed by atoms with E-state index in [9.17, 15) is 4.79 Å². The molecule has 0 saturated carbocycles. The van der Waals surface area contributed by atoms with Crippen LogP contribution in [-0.2, 0) is 16.0 Å². The Balaban J connectivity index is 1.32. The summed E-state index contributed by atoms with van der Waals surface area (Å²) in [4.78, 5) is 24.1. The van der Waals surface area contributed by atoms with Gasteiger partial charge in [-0.2, -0.15) is 5.10 Å². The molecule has 10 heteroatoms. The molecule has 3 aromatic heterocycles. The number of carbonyl (C=O) groups excluding carboxylic acids is 1. The number of anilines is 2. The Morgan fingerprint density at radius 3 is 2.73 bits per heavy atom. The molecule has 1 atom stereocenters. The zero-order chi connectivity index (χ0) is 28.3. The molecule has 1 aromatic carbocycles. The van der Waals surface area contributed by atoms with Crippen LogP contribution < -0.4 is 19.7 Å². The number of hydrogen-bond donors (Lipinski definition) is 1. The van der Waals surface area contributed by atoms with Gasteiger partial charge in [-0.1, -0.05) is 0 Å². The maximum atomic E-state index is 12.8. The molecule has 0 fully saturated rings. The van der Waals surface area contributed by atoms with Crippen molar-refractivity contribution in [2.24, 2.45) is 0 Å². The molecule has 40 heavy (non-hydrogen) atoms. The second kappa shape index (κ2) is 11.4. The van der Waals surface area contributed by atoms with E-state index in [0.717, 1.165) is 52.5 Å². The lowest BCUT2D eigenvalue weighted by Crippen LogP contribution is -2.31. The Labute approximate surface area is 234 Å². The monoisotopic (exact) mass is 544 g/mol. The minimum Gasteiger partial charge on any atom is -0.493 e. The Kier molecular flexibility index (Phi) is 7.77. The lowest BCUT2D eigenvalue weighted by molar-refractivity contribution is -0.155. The fourth-order valence-corrected chi connectivity index (χ4v) is 4.77. The maximum absolute atomic E-state index is 12.8. The Hall–Kier alpha value is -4.34. The molecule has 1 aliphatic heterocycles. The zero-order valence-corrected chi connectivity index (χ0v) is 23.7. The molecule has 0 bridgehead atoms. The third-order valence-corrected chi connectivity index (χ3v) is 6.70. The van der Waals surface area contributed by atoms with Gasteiger partial charge in [-0.25, -0.2) is 9.97 Å². The third-order valence-electron chi connectivity index (χ3n) is 6.70. The molecule has 4 heterocycles. The largest absolute Gasteiger partial charge is 0.493 e. The van der Waals surface area contributed by atoms with Gasteiger partial charge in [0.1, 0.15) is 17.2 Å². The summed E-state index contributed by atoms with van der Waals surface area (Å²) < 4.78 is 18.8. The Bertz CT molecular complexity index is 1480. The molecule has 0 aliphatic carbocycles. The van der Waals surface area contributed by atoms with Crippen LogP contribution in [0.15, 0.2) is 54.9 Å². The molecule has 10 nitrogen and oxygen atoms in total. The van der Waals surface area contributed by atoms with Crippen LogP contribution in [0.1, 0.15) is 44.5 Å². The van der Waals surface area contributed by atoms with Crippen LogP contribution in [0.4, 0.5) is 11.5 Å². The number of likely N-dealkylation sites (N-methyl/N-ethyl adjacent to an activating group) is 1.